The molecule has 1 saturated carbocycles. The molecule has 0 unspecified atom stereocenters. The zero-order chi connectivity index (χ0) is 33.4. The number of Topliss-reactive ketones (excluding diaryl/α,β-unsaturated/α-hetero) is 2. The first-order valence-electron chi connectivity index (χ1n) is 15.2. The highest BCUT2D eigenvalue weighted by Gasteiger charge is 2.54. The molecule has 0 saturated heterocycles. The summed E-state index contributed by atoms with van der Waals surface area (Å²) in [5.74, 6) is -0.809. The molecule has 47 heavy (non-hydrogen) atoms. The Labute approximate surface area is 270 Å². The van der Waals surface area contributed by atoms with E-state index in [4.69, 9.17) is 19.4 Å². The zero-order valence-corrected chi connectivity index (χ0v) is 25.8. The molecule has 0 bridgehead atoms. The van der Waals surface area contributed by atoms with Crippen LogP contribution in [-0.4, -0.2) is 54.5 Å². The molecular weight excluding hydrogens is 612 g/mol. The number of nitrogens with zero attached hydrogens (tertiary/aromatic N) is 1. The third kappa shape index (κ3) is 8.27. The number of carbonyl (C=O) groups excluding carboxylic acids is 3. The number of rotatable bonds is 17. The fraction of sp³-hybridized carbons (Fsp3) is 0.314. The van der Waals surface area contributed by atoms with Gasteiger partial charge in [0.05, 0.1) is 24.6 Å². The van der Waals surface area contributed by atoms with E-state index in [1.54, 1.807) is 29.7 Å². The molecule has 1 aliphatic rings. The number of benzene rings is 3. The summed E-state index contributed by atoms with van der Waals surface area (Å²) < 4.78 is 45.9. The Hall–Kier alpha value is -4.94. The number of fused-ring (bicyclic) bond motifs is 1. The standard InChI is InChI=1S/C35H35F2N3O7/c1-45-30-20-25-27(21-31(30)46-16-2-13-38-14-10-34(43)40-44)39-15-9-28(25)47-29-8-5-23(17-26(29)37)19-33(42)35(11-12-35)32(41)18-22-3-6-24(36)7-4-22/h3-9,15,17,20-21,38,44H,2,10-14,16,18-19H2,1H3,(H,40,43). The van der Waals surface area contributed by atoms with Crippen LogP contribution in [0.15, 0.2) is 66.9 Å². The molecule has 1 fully saturated rings. The van der Waals surface area contributed by atoms with Crippen LogP contribution in [0.4, 0.5) is 8.78 Å². The van der Waals surface area contributed by atoms with Gasteiger partial charge in [-0.15, -0.1) is 0 Å². The smallest absolute Gasteiger partial charge is 0.244 e. The summed E-state index contributed by atoms with van der Waals surface area (Å²) in [5.41, 5.74) is 2.11. The lowest BCUT2D eigenvalue weighted by atomic mass is 9.88. The van der Waals surface area contributed by atoms with Gasteiger partial charge < -0.3 is 19.5 Å². The Bertz CT molecular complexity index is 1760. The van der Waals surface area contributed by atoms with Crippen LogP contribution < -0.4 is 25.0 Å². The molecule has 12 heteroatoms. The van der Waals surface area contributed by atoms with Gasteiger partial charge in [0.2, 0.25) is 5.91 Å². The molecule has 0 spiro atoms. The molecular formula is C35H35F2N3O7. The van der Waals surface area contributed by atoms with Crippen molar-refractivity contribution in [3.8, 4) is 23.0 Å². The van der Waals surface area contributed by atoms with Crippen LogP contribution in [0.2, 0.25) is 0 Å². The largest absolute Gasteiger partial charge is 0.493 e. The normalized spacial score (nSPS) is 13.2. The van der Waals surface area contributed by atoms with E-state index < -0.39 is 23.0 Å². The quantitative estimate of drug-likeness (QED) is 0.0606. The van der Waals surface area contributed by atoms with Crippen molar-refractivity contribution in [2.75, 3.05) is 26.8 Å². The monoisotopic (exact) mass is 647 g/mol. The Balaban J connectivity index is 1.21. The molecule has 5 rings (SSSR count). The fourth-order valence-electron chi connectivity index (χ4n) is 5.26. The van der Waals surface area contributed by atoms with Crippen molar-refractivity contribution in [1.82, 2.24) is 15.8 Å². The molecule has 1 heterocycles. The summed E-state index contributed by atoms with van der Waals surface area (Å²) in [6.45, 7) is 1.38. The highest BCUT2D eigenvalue weighted by atomic mass is 19.1. The minimum atomic E-state index is -1.07. The predicted molar refractivity (Wildman–Crippen MR) is 168 cm³/mol. The van der Waals surface area contributed by atoms with E-state index in [1.807, 2.05) is 0 Å². The van der Waals surface area contributed by atoms with E-state index in [9.17, 15) is 18.8 Å². The molecule has 3 aromatic carbocycles. The molecule has 0 radical (unpaired) electrons. The molecule has 0 atom stereocenters. The average Bonchev–Trinajstić information content (AvgIpc) is 3.89. The van der Waals surface area contributed by atoms with Crippen LogP contribution in [0, 0.1) is 17.0 Å². The number of carbonyl (C=O) groups is 3. The van der Waals surface area contributed by atoms with Crippen molar-refractivity contribution in [2.24, 2.45) is 5.41 Å². The molecule has 0 aliphatic heterocycles. The van der Waals surface area contributed by atoms with Crippen molar-refractivity contribution in [1.29, 1.82) is 0 Å². The van der Waals surface area contributed by atoms with Crippen LogP contribution in [0.25, 0.3) is 10.9 Å². The van der Waals surface area contributed by atoms with E-state index in [0.29, 0.717) is 78.2 Å². The van der Waals surface area contributed by atoms with Crippen molar-refractivity contribution >= 4 is 28.4 Å². The first kappa shape index (κ1) is 33.4. The van der Waals surface area contributed by atoms with Crippen LogP contribution in [0.5, 0.6) is 23.0 Å². The Morgan fingerprint density at radius 3 is 2.28 bits per heavy atom. The lowest BCUT2D eigenvalue weighted by Gasteiger charge is -2.15. The van der Waals surface area contributed by atoms with Gasteiger partial charge in [-0.05, 0) is 73.3 Å². The van der Waals surface area contributed by atoms with Gasteiger partial charge in [0.15, 0.2) is 34.6 Å². The molecule has 10 nitrogen and oxygen atoms in total. The van der Waals surface area contributed by atoms with Crippen molar-refractivity contribution in [2.45, 2.75) is 38.5 Å². The highest BCUT2D eigenvalue weighted by Crippen LogP contribution is 2.49. The molecule has 246 valence electrons. The predicted octanol–water partition coefficient (Wildman–Crippen LogP) is 5.27. The van der Waals surface area contributed by atoms with Crippen molar-refractivity contribution < 1.29 is 42.6 Å². The number of hydrogen-bond donors (Lipinski definition) is 3. The lowest BCUT2D eigenvalue weighted by Crippen LogP contribution is -2.28. The van der Waals surface area contributed by atoms with Gasteiger partial charge in [0.25, 0.3) is 0 Å². The van der Waals surface area contributed by atoms with Crippen LogP contribution in [0.1, 0.15) is 36.8 Å². The van der Waals surface area contributed by atoms with E-state index in [0.717, 1.165) is 0 Å². The van der Waals surface area contributed by atoms with Gasteiger partial charge in [-0.3, -0.25) is 24.6 Å². The molecule has 1 aliphatic carbocycles. The summed E-state index contributed by atoms with van der Waals surface area (Å²) in [6.07, 6.45) is 3.18. The van der Waals surface area contributed by atoms with Gasteiger partial charge in [0.1, 0.15) is 11.6 Å². The number of hydroxylamine groups is 1. The van der Waals surface area contributed by atoms with E-state index in [2.05, 4.69) is 10.3 Å². The summed E-state index contributed by atoms with van der Waals surface area (Å²) in [7, 11) is 1.50. The number of ketones is 2. The van der Waals surface area contributed by atoms with E-state index in [1.165, 1.54) is 49.7 Å². The summed E-state index contributed by atoms with van der Waals surface area (Å²) in [6, 6.07) is 14.9. The van der Waals surface area contributed by atoms with E-state index >= 15 is 4.39 Å². The topological polar surface area (TPSA) is 136 Å². The minimum Gasteiger partial charge on any atom is -0.493 e. The second-order valence-corrected chi connectivity index (χ2v) is 11.3. The second kappa shape index (κ2) is 15.1. The van der Waals surface area contributed by atoms with Crippen molar-refractivity contribution in [3.63, 3.8) is 0 Å². The Kier molecular flexibility index (Phi) is 10.7. The maximum Gasteiger partial charge on any atom is 0.244 e. The summed E-state index contributed by atoms with van der Waals surface area (Å²) >= 11 is 0. The van der Waals surface area contributed by atoms with Gasteiger partial charge in [-0.2, -0.15) is 0 Å². The number of methoxy groups -OCH3 is 1. The van der Waals surface area contributed by atoms with Gasteiger partial charge in [-0.1, -0.05) is 18.2 Å². The summed E-state index contributed by atoms with van der Waals surface area (Å²) in [5, 5.41) is 12.2. The van der Waals surface area contributed by atoms with Crippen LogP contribution in [0.3, 0.4) is 0 Å². The molecule has 4 aromatic rings. The van der Waals surface area contributed by atoms with E-state index in [-0.39, 0.29) is 36.6 Å². The Morgan fingerprint density at radius 1 is 0.872 bits per heavy atom. The number of amides is 1. The first-order valence-corrected chi connectivity index (χ1v) is 15.2. The second-order valence-electron chi connectivity index (χ2n) is 11.3. The lowest BCUT2D eigenvalue weighted by molar-refractivity contribution is -0.134. The van der Waals surface area contributed by atoms with Gasteiger partial charge >= 0.3 is 0 Å². The maximum absolute atomic E-state index is 15.3. The Morgan fingerprint density at radius 2 is 1.60 bits per heavy atom. The average molecular weight is 648 g/mol. The van der Waals surface area contributed by atoms with Crippen LogP contribution in [-0.2, 0) is 27.2 Å². The molecule has 3 N–H and O–H groups in total. The van der Waals surface area contributed by atoms with Crippen molar-refractivity contribution in [3.05, 3.63) is 89.6 Å². The summed E-state index contributed by atoms with van der Waals surface area (Å²) in [4.78, 5) is 41.6. The minimum absolute atomic E-state index is 0.0397. The molecule has 1 aromatic heterocycles. The number of ether oxygens (including phenoxy) is 3. The number of aromatic nitrogens is 1. The maximum atomic E-state index is 15.3. The fourth-order valence-corrected chi connectivity index (χ4v) is 5.26. The highest BCUT2D eigenvalue weighted by molar-refractivity contribution is 6.11. The van der Waals surface area contributed by atoms with Crippen LogP contribution >= 0.6 is 0 Å². The SMILES string of the molecule is COc1cc2c(Oc3ccc(CC(=O)C4(C(=O)Cc5ccc(F)cc5)CC4)cc3F)ccnc2cc1OCCCNCCC(=O)NO. The van der Waals surface area contributed by atoms with Gasteiger partial charge in [0, 0.05) is 43.5 Å². The third-order valence-corrected chi connectivity index (χ3v) is 8.07. The number of hydrogen-bond acceptors (Lipinski definition) is 9. The third-order valence-electron chi connectivity index (χ3n) is 8.07. The van der Waals surface area contributed by atoms with Gasteiger partial charge in [-0.25, -0.2) is 14.3 Å². The number of pyridine rings is 1. The number of nitrogens with one attached hydrogen (secondary N) is 2. The zero-order valence-electron chi connectivity index (χ0n) is 25.8. The first-order chi connectivity index (χ1) is 22.7. The molecule has 1 amide bonds. The number of halogens is 2.